The summed E-state index contributed by atoms with van der Waals surface area (Å²) in [6.45, 7) is 2.30. The van der Waals surface area contributed by atoms with Gasteiger partial charge in [-0.1, -0.05) is 60.7 Å². The first-order valence-electron chi connectivity index (χ1n) is 9.57. The molecule has 148 valence electrons. The van der Waals surface area contributed by atoms with Crippen LogP contribution >= 0.6 is 0 Å². The van der Waals surface area contributed by atoms with Gasteiger partial charge in [-0.15, -0.1) is 0 Å². The van der Waals surface area contributed by atoms with E-state index in [2.05, 4.69) is 5.43 Å². The Morgan fingerprint density at radius 2 is 1.39 bits per heavy atom. The first-order chi connectivity index (χ1) is 13.6. The highest BCUT2D eigenvalue weighted by atomic mass is 16.5. The van der Waals surface area contributed by atoms with Crippen LogP contribution in [0.25, 0.3) is 0 Å². The number of aliphatic carboxylic acids is 1. The summed E-state index contributed by atoms with van der Waals surface area (Å²) in [6.07, 6.45) is 0.686. The predicted molar refractivity (Wildman–Crippen MR) is 105 cm³/mol. The number of rotatable bonds is 8. The number of carbonyl (C=O) groups excluding carboxylic acids is 1. The maximum Gasteiger partial charge on any atom is 0.307 e. The zero-order chi connectivity index (χ0) is 19.8. The number of benzene rings is 2. The summed E-state index contributed by atoms with van der Waals surface area (Å²) >= 11 is 0. The number of carboxylic acids is 1. The van der Waals surface area contributed by atoms with Gasteiger partial charge >= 0.3 is 5.97 Å². The number of carboxylic acid groups (broad SMARTS) is 1. The molecule has 0 spiro atoms. The number of nitrogens with one attached hydrogen (secondary N) is 1. The third kappa shape index (κ3) is 5.65. The molecule has 6 heteroatoms. The Morgan fingerprint density at radius 1 is 0.893 bits per heavy atom. The minimum absolute atomic E-state index is 0.255. The Kier molecular flexibility index (Phi) is 7.17. The molecule has 1 heterocycles. The highest BCUT2D eigenvalue weighted by Gasteiger charge is 2.35. The molecule has 1 amide bonds. The molecule has 2 atom stereocenters. The van der Waals surface area contributed by atoms with E-state index in [1.807, 2.05) is 65.7 Å². The summed E-state index contributed by atoms with van der Waals surface area (Å²) in [6, 6.07) is 19.0. The standard InChI is InChI=1S/C22H26N2O4/c25-21(23-24-11-13-28-14-12-24)19(15-17-7-3-1-4-8-17)20(22(26)27)16-18-9-5-2-6-10-18/h1-10,19-20H,11-16H2,(H,23,25)(H,26,27)/t19?,20-/m1/s1. The highest BCUT2D eigenvalue weighted by Crippen LogP contribution is 2.23. The zero-order valence-electron chi connectivity index (χ0n) is 15.8. The molecule has 0 saturated carbocycles. The van der Waals surface area contributed by atoms with Crippen molar-refractivity contribution in [3.8, 4) is 0 Å². The van der Waals surface area contributed by atoms with Gasteiger partial charge in [-0.3, -0.25) is 15.0 Å². The van der Waals surface area contributed by atoms with Crippen LogP contribution in [0.4, 0.5) is 0 Å². The molecule has 1 unspecified atom stereocenters. The lowest BCUT2D eigenvalue weighted by Crippen LogP contribution is -2.52. The largest absolute Gasteiger partial charge is 0.481 e. The Balaban J connectivity index is 1.81. The molecule has 0 aromatic heterocycles. The Hall–Kier alpha value is -2.70. The fourth-order valence-electron chi connectivity index (χ4n) is 3.47. The average molecular weight is 382 g/mol. The third-order valence-corrected chi connectivity index (χ3v) is 5.02. The Morgan fingerprint density at radius 3 is 1.89 bits per heavy atom. The van der Waals surface area contributed by atoms with Crippen molar-refractivity contribution < 1.29 is 19.4 Å². The fourth-order valence-corrected chi connectivity index (χ4v) is 3.47. The number of carbonyl (C=O) groups is 2. The molecular weight excluding hydrogens is 356 g/mol. The molecule has 1 saturated heterocycles. The van der Waals surface area contributed by atoms with Gasteiger partial charge in [0.15, 0.2) is 0 Å². The summed E-state index contributed by atoms with van der Waals surface area (Å²) < 4.78 is 5.32. The van der Waals surface area contributed by atoms with Crippen LogP contribution in [0.3, 0.4) is 0 Å². The van der Waals surface area contributed by atoms with Crippen molar-refractivity contribution in [2.45, 2.75) is 12.8 Å². The van der Waals surface area contributed by atoms with Gasteiger partial charge in [0.25, 0.3) is 0 Å². The highest BCUT2D eigenvalue weighted by molar-refractivity contribution is 5.85. The second-order valence-electron chi connectivity index (χ2n) is 7.01. The second-order valence-corrected chi connectivity index (χ2v) is 7.01. The molecule has 2 aromatic rings. The maximum absolute atomic E-state index is 13.1. The van der Waals surface area contributed by atoms with Crippen molar-refractivity contribution in [3.63, 3.8) is 0 Å². The molecule has 6 nitrogen and oxygen atoms in total. The number of amides is 1. The van der Waals surface area contributed by atoms with Crippen LogP contribution in [0.15, 0.2) is 60.7 Å². The molecule has 2 N–H and O–H groups in total. The van der Waals surface area contributed by atoms with E-state index in [-0.39, 0.29) is 5.91 Å². The van der Waals surface area contributed by atoms with E-state index < -0.39 is 17.8 Å². The van der Waals surface area contributed by atoms with E-state index in [1.165, 1.54) is 0 Å². The van der Waals surface area contributed by atoms with Gasteiger partial charge in [0.1, 0.15) is 0 Å². The SMILES string of the molecule is O=C(NN1CCOCC1)C(Cc1ccccc1)[C@@H](Cc1ccccc1)C(=O)O. The number of hydrogen-bond acceptors (Lipinski definition) is 4. The van der Waals surface area contributed by atoms with E-state index >= 15 is 0 Å². The average Bonchev–Trinajstić information content (AvgIpc) is 2.72. The smallest absolute Gasteiger partial charge is 0.307 e. The molecule has 3 rings (SSSR count). The van der Waals surface area contributed by atoms with Crippen LogP contribution in [0.1, 0.15) is 11.1 Å². The lowest BCUT2D eigenvalue weighted by atomic mass is 9.82. The van der Waals surface area contributed by atoms with Gasteiger partial charge in [0.2, 0.25) is 5.91 Å². The van der Waals surface area contributed by atoms with Crippen LogP contribution in [0.2, 0.25) is 0 Å². The van der Waals surface area contributed by atoms with E-state index in [4.69, 9.17) is 4.74 Å². The minimum Gasteiger partial charge on any atom is -0.481 e. The summed E-state index contributed by atoms with van der Waals surface area (Å²) in [5, 5.41) is 11.7. The van der Waals surface area contributed by atoms with Gasteiger partial charge in [-0.2, -0.15) is 0 Å². The zero-order valence-corrected chi connectivity index (χ0v) is 15.8. The van der Waals surface area contributed by atoms with Crippen molar-refractivity contribution in [1.82, 2.24) is 10.4 Å². The quantitative estimate of drug-likeness (QED) is 0.731. The molecule has 2 aromatic carbocycles. The molecule has 1 fully saturated rings. The van der Waals surface area contributed by atoms with Gasteiger partial charge in [0.05, 0.1) is 25.0 Å². The number of morpholine rings is 1. The van der Waals surface area contributed by atoms with E-state index in [0.717, 1.165) is 11.1 Å². The summed E-state index contributed by atoms with van der Waals surface area (Å²) in [5.41, 5.74) is 4.77. The van der Waals surface area contributed by atoms with Crippen LogP contribution in [-0.2, 0) is 27.2 Å². The summed E-state index contributed by atoms with van der Waals surface area (Å²) in [7, 11) is 0. The molecule has 0 bridgehead atoms. The monoisotopic (exact) mass is 382 g/mol. The molecule has 1 aliphatic rings. The number of hydrogen-bond donors (Lipinski definition) is 2. The van der Waals surface area contributed by atoms with Crippen LogP contribution in [-0.4, -0.2) is 48.3 Å². The van der Waals surface area contributed by atoms with Crippen molar-refractivity contribution in [2.24, 2.45) is 11.8 Å². The summed E-state index contributed by atoms with van der Waals surface area (Å²) in [5.74, 6) is -2.71. The van der Waals surface area contributed by atoms with Crippen molar-refractivity contribution in [3.05, 3.63) is 71.8 Å². The minimum atomic E-state index is -0.957. The fraction of sp³-hybridized carbons (Fsp3) is 0.364. The van der Waals surface area contributed by atoms with Gasteiger partial charge in [-0.25, -0.2) is 5.01 Å². The molecular formula is C22H26N2O4. The number of hydrazine groups is 1. The van der Waals surface area contributed by atoms with E-state index in [9.17, 15) is 14.7 Å². The molecule has 0 aliphatic carbocycles. The van der Waals surface area contributed by atoms with E-state index in [1.54, 1.807) is 0 Å². The van der Waals surface area contributed by atoms with Crippen LogP contribution in [0.5, 0.6) is 0 Å². The Bertz CT molecular complexity index is 761. The predicted octanol–water partition coefficient (Wildman–Crippen LogP) is 2.15. The summed E-state index contributed by atoms with van der Waals surface area (Å²) in [4.78, 5) is 25.2. The molecule has 28 heavy (non-hydrogen) atoms. The Labute approximate surface area is 165 Å². The number of nitrogens with zero attached hydrogens (tertiary/aromatic N) is 1. The number of ether oxygens (including phenoxy) is 1. The lowest BCUT2D eigenvalue weighted by Gasteiger charge is -2.30. The first-order valence-corrected chi connectivity index (χ1v) is 9.57. The van der Waals surface area contributed by atoms with Gasteiger partial charge in [0, 0.05) is 13.1 Å². The van der Waals surface area contributed by atoms with Crippen molar-refractivity contribution in [1.29, 1.82) is 0 Å². The lowest BCUT2D eigenvalue weighted by molar-refractivity contribution is -0.149. The van der Waals surface area contributed by atoms with Crippen LogP contribution in [0, 0.1) is 11.8 Å². The molecule has 1 aliphatic heterocycles. The van der Waals surface area contributed by atoms with Gasteiger partial charge < -0.3 is 9.84 Å². The first kappa shape index (κ1) is 20.0. The normalized spacial score (nSPS) is 16.9. The molecule has 0 radical (unpaired) electrons. The second kappa shape index (κ2) is 10.0. The third-order valence-electron chi connectivity index (χ3n) is 5.02. The van der Waals surface area contributed by atoms with Crippen molar-refractivity contribution >= 4 is 11.9 Å². The van der Waals surface area contributed by atoms with Gasteiger partial charge in [-0.05, 0) is 24.0 Å². The van der Waals surface area contributed by atoms with Crippen LogP contribution < -0.4 is 5.43 Å². The topological polar surface area (TPSA) is 78.9 Å². The maximum atomic E-state index is 13.1. The van der Waals surface area contributed by atoms with E-state index in [0.29, 0.717) is 39.1 Å². The van der Waals surface area contributed by atoms with Crippen molar-refractivity contribution in [2.75, 3.05) is 26.3 Å².